The number of hydrogen-bond donors (Lipinski definition) is 2. The van der Waals surface area contributed by atoms with Crippen molar-refractivity contribution >= 4 is 11.7 Å². The van der Waals surface area contributed by atoms with Gasteiger partial charge in [0.05, 0.1) is 12.6 Å². The van der Waals surface area contributed by atoms with Gasteiger partial charge >= 0.3 is 0 Å². The molecule has 16 heavy (non-hydrogen) atoms. The molecule has 0 aromatic carbocycles. The van der Waals surface area contributed by atoms with E-state index in [4.69, 9.17) is 10.8 Å². The van der Waals surface area contributed by atoms with Gasteiger partial charge in [-0.05, 0) is 18.9 Å². The fraction of sp³-hybridized carbons (Fsp3) is 0.600. The molecule has 0 spiro atoms. The molecule has 0 aliphatic carbocycles. The Morgan fingerprint density at radius 2 is 2.50 bits per heavy atom. The van der Waals surface area contributed by atoms with Crippen LogP contribution in [0.4, 0.5) is 5.82 Å². The first-order valence-corrected chi connectivity index (χ1v) is 5.40. The first-order chi connectivity index (χ1) is 7.70. The number of aliphatic hydroxyl groups excluding tert-OH is 1. The largest absolute Gasteiger partial charge is 0.394 e. The van der Waals surface area contributed by atoms with Crippen LogP contribution in [-0.2, 0) is 11.3 Å². The monoisotopic (exact) mass is 224 g/mol. The third kappa shape index (κ3) is 2.16. The number of carbonyl (C=O) groups is 1. The maximum Gasteiger partial charge on any atom is 0.244 e. The van der Waals surface area contributed by atoms with Crippen LogP contribution in [0.25, 0.3) is 0 Å². The second-order valence-corrected chi connectivity index (χ2v) is 4.00. The smallest absolute Gasteiger partial charge is 0.244 e. The average Bonchev–Trinajstić information content (AvgIpc) is 2.86. The van der Waals surface area contributed by atoms with Gasteiger partial charge in [0.15, 0.2) is 0 Å². The highest BCUT2D eigenvalue weighted by molar-refractivity contribution is 5.76. The van der Waals surface area contributed by atoms with Crippen LogP contribution in [0, 0.1) is 0 Å². The predicted molar refractivity (Wildman–Crippen MR) is 58.5 cm³/mol. The molecule has 1 amide bonds. The summed E-state index contributed by atoms with van der Waals surface area (Å²) in [6, 6.07) is 1.63. The van der Waals surface area contributed by atoms with Crippen LogP contribution in [0.5, 0.6) is 0 Å². The molecule has 1 fully saturated rings. The quantitative estimate of drug-likeness (QED) is 0.721. The first-order valence-electron chi connectivity index (χ1n) is 5.40. The van der Waals surface area contributed by atoms with Crippen molar-refractivity contribution in [1.29, 1.82) is 0 Å². The lowest BCUT2D eigenvalue weighted by atomic mass is 10.2. The van der Waals surface area contributed by atoms with E-state index >= 15 is 0 Å². The second kappa shape index (κ2) is 4.52. The van der Waals surface area contributed by atoms with E-state index in [9.17, 15) is 4.79 Å². The van der Waals surface area contributed by atoms with Crippen LogP contribution in [0.2, 0.25) is 0 Å². The number of amides is 1. The Bertz CT molecular complexity index is 377. The highest BCUT2D eigenvalue weighted by Gasteiger charge is 2.27. The van der Waals surface area contributed by atoms with E-state index in [0.29, 0.717) is 5.82 Å². The van der Waals surface area contributed by atoms with Crippen LogP contribution < -0.4 is 5.73 Å². The molecular formula is C10H16N4O2. The number of nitrogens with two attached hydrogens (primary N) is 1. The summed E-state index contributed by atoms with van der Waals surface area (Å²) >= 11 is 0. The minimum atomic E-state index is -0.0274. The van der Waals surface area contributed by atoms with Gasteiger partial charge in [0.1, 0.15) is 12.4 Å². The molecule has 6 heteroatoms. The van der Waals surface area contributed by atoms with Crippen molar-refractivity contribution < 1.29 is 9.90 Å². The molecule has 2 rings (SSSR count). The molecule has 1 aliphatic heterocycles. The van der Waals surface area contributed by atoms with E-state index in [2.05, 4.69) is 5.10 Å². The molecule has 1 aromatic rings. The Morgan fingerprint density at radius 1 is 1.69 bits per heavy atom. The molecule has 6 nitrogen and oxygen atoms in total. The molecule has 0 radical (unpaired) electrons. The lowest BCUT2D eigenvalue weighted by Gasteiger charge is -2.22. The van der Waals surface area contributed by atoms with Crippen molar-refractivity contribution in [3.63, 3.8) is 0 Å². The summed E-state index contributed by atoms with van der Waals surface area (Å²) in [5, 5.41) is 13.1. The summed E-state index contributed by atoms with van der Waals surface area (Å²) in [6.07, 6.45) is 3.51. The topological polar surface area (TPSA) is 84.4 Å². The standard InChI is InChI=1S/C10H16N4O2/c11-9-3-5-13(12-9)6-10(16)14-4-1-2-8(14)7-15/h3,5,8,15H,1-2,4,6-7H2,(H2,11,12). The number of nitrogens with zero attached hydrogens (tertiary/aromatic N) is 3. The first kappa shape index (κ1) is 10.9. The number of rotatable bonds is 3. The molecule has 1 aliphatic rings. The van der Waals surface area contributed by atoms with Crippen LogP contribution in [0.1, 0.15) is 12.8 Å². The minimum Gasteiger partial charge on any atom is -0.394 e. The Balaban J connectivity index is 1.97. The van der Waals surface area contributed by atoms with E-state index in [0.717, 1.165) is 19.4 Å². The fourth-order valence-electron chi connectivity index (χ4n) is 2.05. The average molecular weight is 224 g/mol. The van der Waals surface area contributed by atoms with Gasteiger partial charge in [-0.3, -0.25) is 9.48 Å². The van der Waals surface area contributed by atoms with Crippen LogP contribution in [0.3, 0.4) is 0 Å². The van der Waals surface area contributed by atoms with Crippen molar-refractivity contribution in [3.8, 4) is 0 Å². The predicted octanol–water partition coefficient (Wildman–Crippen LogP) is -0.551. The highest BCUT2D eigenvalue weighted by Crippen LogP contribution is 2.17. The van der Waals surface area contributed by atoms with E-state index in [1.807, 2.05) is 0 Å². The lowest BCUT2D eigenvalue weighted by Crippen LogP contribution is -2.39. The Hall–Kier alpha value is -1.56. The molecule has 1 unspecified atom stereocenters. The Labute approximate surface area is 93.6 Å². The third-order valence-corrected chi connectivity index (χ3v) is 2.87. The van der Waals surface area contributed by atoms with E-state index in [1.54, 1.807) is 17.2 Å². The maximum absolute atomic E-state index is 11.9. The van der Waals surface area contributed by atoms with Crippen molar-refractivity contribution in [2.75, 3.05) is 18.9 Å². The van der Waals surface area contributed by atoms with E-state index in [1.165, 1.54) is 4.68 Å². The number of aliphatic hydroxyl groups is 1. The molecule has 1 saturated heterocycles. The van der Waals surface area contributed by atoms with Gasteiger partial charge in [0, 0.05) is 12.7 Å². The van der Waals surface area contributed by atoms with Gasteiger partial charge in [-0.25, -0.2) is 0 Å². The summed E-state index contributed by atoms with van der Waals surface area (Å²) in [5.74, 6) is 0.396. The SMILES string of the molecule is Nc1ccn(CC(=O)N2CCCC2CO)n1. The lowest BCUT2D eigenvalue weighted by molar-refractivity contribution is -0.133. The molecule has 2 heterocycles. The zero-order valence-electron chi connectivity index (χ0n) is 9.04. The zero-order chi connectivity index (χ0) is 11.5. The summed E-state index contributed by atoms with van der Waals surface area (Å²) in [6.45, 7) is 0.946. The zero-order valence-corrected chi connectivity index (χ0v) is 9.04. The highest BCUT2D eigenvalue weighted by atomic mass is 16.3. The number of nitrogen functional groups attached to an aromatic ring is 1. The number of aromatic nitrogens is 2. The van der Waals surface area contributed by atoms with Crippen molar-refractivity contribution in [2.45, 2.75) is 25.4 Å². The number of carbonyl (C=O) groups excluding carboxylic acids is 1. The summed E-state index contributed by atoms with van der Waals surface area (Å²) < 4.78 is 1.52. The molecule has 3 N–H and O–H groups in total. The van der Waals surface area contributed by atoms with E-state index < -0.39 is 0 Å². The van der Waals surface area contributed by atoms with Gasteiger partial charge in [0.2, 0.25) is 5.91 Å². The normalized spacial score (nSPS) is 20.3. The molecular weight excluding hydrogens is 208 g/mol. The molecule has 88 valence electrons. The van der Waals surface area contributed by atoms with Crippen LogP contribution in [0.15, 0.2) is 12.3 Å². The van der Waals surface area contributed by atoms with Gasteiger partial charge in [-0.15, -0.1) is 0 Å². The summed E-state index contributed by atoms with van der Waals surface area (Å²) in [7, 11) is 0. The van der Waals surface area contributed by atoms with Crippen LogP contribution >= 0.6 is 0 Å². The van der Waals surface area contributed by atoms with Gasteiger partial charge in [-0.2, -0.15) is 5.10 Å². The van der Waals surface area contributed by atoms with Gasteiger partial charge < -0.3 is 15.7 Å². The molecule has 0 saturated carbocycles. The number of hydrogen-bond acceptors (Lipinski definition) is 4. The molecule has 0 bridgehead atoms. The van der Waals surface area contributed by atoms with Crippen molar-refractivity contribution in [1.82, 2.24) is 14.7 Å². The Morgan fingerprint density at radius 3 is 3.12 bits per heavy atom. The molecule has 1 aromatic heterocycles. The minimum absolute atomic E-state index is 0.0142. The van der Waals surface area contributed by atoms with Gasteiger partial charge in [-0.1, -0.05) is 0 Å². The Kier molecular flexibility index (Phi) is 3.09. The summed E-state index contributed by atoms with van der Waals surface area (Å²) in [5.41, 5.74) is 5.46. The van der Waals surface area contributed by atoms with Crippen molar-refractivity contribution in [3.05, 3.63) is 12.3 Å². The van der Waals surface area contributed by atoms with Gasteiger partial charge in [0.25, 0.3) is 0 Å². The number of anilines is 1. The summed E-state index contributed by atoms with van der Waals surface area (Å²) in [4.78, 5) is 13.6. The maximum atomic E-state index is 11.9. The second-order valence-electron chi connectivity index (χ2n) is 4.00. The van der Waals surface area contributed by atoms with E-state index in [-0.39, 0.29) is 25.1 Å². The van der Waals surface area contributed by atoms with Crippen LogP contribution in [-0.4, -0.2) is 44.9 Å². The van der Waals surface area contributed by atoms with Crippen molar-refractivity contribution in [2.24, 2.45) is 0 Å². The fourth-order valence-corrected chi connectivity index (χ4v) is 2.05. The number of likely N-dealkylation sites (tertiary alicyclic amines) is 1. The third-order valence-electron chi connectivity index (χ3n) is 2.87. The molecule has 1 atom stereocenters.